The van der Waals surface area contributed by atoms with Crippen LogP contribution in [0.2, 0.25) is 0 Å². The summed E-state index contributed by atoms with van der Waals surface area (Å²) in [7, 11) is -2.97. The fraction of sp³-hybridized carbons (Fsp3) is 0.455. The molecule has 0 saturated heterocycles. The van der Waals surface area contributed by atoms with Crippen LogP contribution < -0.4 is 11.3 Å². The zero-order valence-electron chi connectivity index (χ0n) is 9.90. The molecule has 0 fully saturated rings. The van der Waals surface area contributed by atoms with Crippen molar-refractivity contribution < 1.29 is 8.42 Å². The summed E-state index contributed by atoms with van der Waals surface area (Å²) in [5.41, 5.74) is 4.77. The van der Waals surface area contributed by atoms with Gasteiger partial charge in [-0.25, -0.2) is 8.42 Å². The molecular weight excluding hydrogens is 304 g/mol. The van der Waals surface area contributed by atoms with Gasteiger partial charge in [0.25, 0.3) is 0 Å². The van der Waals surface area contributed by atoms with Gasteiger partial charge in [-0.3, -0.25) is 11.3 Å². The van der Waals surface area contributed by atoms with Crippen LogP contribution >= 0.6 is 15.9 Å². The molecule has 1 atom stereocenters. The minimum atomic E-state index is -2.97. The summed E-state index contributed by atoms with van der Waals surface area (Å²) in [5, 5.41) is 0. The summed E-state index contributed by atoms with van der Waals surface area (Å²) in [4.78, 5) is 0. The van der Waals surface area contributed by atoms with Crippen LogP contribution in [0.15, 0.2) is 22.7 Å². The lowest BCUT2D eigenvalue weighted by molar-refractivity contribution is 0.529. The van der Waals surface area contributed by atoms with Gasteiger partial charge in [0.1, 0.15) is 9.84 Å². The lowest BCUT2D eigenvalue weighted by atomic mass is 10.0. The average molecular weight is 321 g/mol. The number of halogens is 1. The lowest BCUT2D eigenvalue weighted by Crippen LogP contribution is -2.29. The largest absolute Gasteiger partial charge is 0.271 e. The van der Waals surface area contributed by atoms with Crippen LogP contribution in [-0.4, -0.2) is 20.4 Å². The third kappa shape index (κ3) is 4.75. The Morgan fingerprint density at radius 3 is 2.59 bits per heavy atom. The number of nitrogens with two attached hydrogens (primary N) is 1. The van der Waals surface area contributed by atoms with Crippen LogP contribution in [-0.2, 0) is 9.84 Å². The standard InChI is InChI=1S/C11H17BrN2O2S/c1-8-3-4-9(10(12)7-8)11(14-13)5-6-17(2,15)16/h3-4,7,11,14H,5-6,13H2,1-2H3. The Bertz CT molecular complexity index is 488. The van der Waals surface area contributed by atoms with Gasteiger partial charge in [0.05, 0.1) is 5.75 Å². The topological polar surface area (TPSA) is 72.2 Å². The minimum absolute atomic E-state index is 0.113. The van der Waals surface area contributed by atoms with Gasteiger partial charge in [-0.05, 0) is 30.5 Å². The van der Waals surface area contributed by atoms with E-state index in [1.54, 1.807) is 0 Å². The molecule has 0 bridgehead atoms. The first-order valence-electron chi connectivity index (χ1n) is 5.23. The molecule has 4 nitrogen and oxygen atoms in total. The number of benzene rings is 1. The molecule has 1 unspecified atom stereocenters. The molecule has 0 amide bonds. The zero-order valence-corrected chi connectivity index (χ0v) is 12.3. The first-order valence-corrected chi connectivity index (χ1v) is 8.09. The summed E-state index contributed by atoms with van der Waals surface area (Å²) < 4.78 is 23.2. The monoisotopic (exact) mass is 320 g/mol. The van der Waals surface area contributed by atoms with Crippen LogP contribution in [0.5, 0.6) is 0 Å². The van der Waals surface area contributed by atoms with Crippen LogP contribution in [0.3, 0.4) is 0 Å². The summed E-state index contributed by atoms with van der Waals surface area (Å²) in [5.74, 6) is 5.59. The lowest BCUT2D eigenvalue weighted by Gasteiger charge is -2.17. The summed E-state index contributed by atoms with van der Waals surface area (Å²) in [6, 6.07) is 5.75. The third-order valence-electron chi connectivity index (χ3n) is 2.51. The second-order valence-corrected chi connectivity index (χ2v) is 7.28. The van der Waals surface area contributed by atoms with Gasteiger partial charge < -0.3 is 0 Å². The van der Waals surface area contributed by atoms with Crippen molar-refractivity contribution in [1.29, 1.82) is 0 Å². The molecule has 0 radical (unpaired) electrons. The van der Waals surface area contributed by atoms with Gasteiger partial charge in [0, 0.05) is 16.8 Å². The van der Waals surface area contributed by atoms with Gasteiger partial charge in [-0.1, -0.05) is 28.1 Å². The van der Waals surface area contributed by atoms with Crippen LogP contribution in [0, 0.1) is 6.92 Å². The second kappa shape index (κ2) is 5.95. The summed E-state index contributed by atoms with van der Waals surface area (Å²) in [6.45, 7) is 2.00. The van der Waals surface area contributed by atoms with Crippen LogP contribution in [0.25, 0.3) is 0 Å². The molecule has 96 valence electrons. The van der Waals surface area contributed by atoms with Gasteiger partial charge in [0.2, 0.25) is 0 Å². The van der Waals surface area contributed by atoms with Crippen molar-refractivity contribution >= 4 is 25.8 Å². The minimum Gasteiger partial charge on any atom is -0.271 e. The van der Waals surface area contributed by atoms with Gasteiger partial charge in [-0.15, -0.1) is 0 Å². The van der Waals surface area contributed by atoms with Crippen molar-refractivity contribution in [3.8, 4) is 0 Å². The number of rotatable bonds is 5. The average Bonchev–Trinajstić information content (AvgIpc) is 2.19. The molecule has 0 heterocycles. The van der Waals surface area contributed by atoms with Crippen molar-refractivity contribution in [3.63, 3.8) is 0 Å². The van der Waals surface area contributed by atoms with E-state index in [0.717, 1.165) is 15.6 Å². The SMILES string of the molecule is Cc1ccc(C(CCS(C)(=O)=O)NN)c(Br)c1. The van der Waals surface area contributed by atoms with Gasteiger partial charge >= 0.3 is 0 Å². The van der Waals surface area contributed by atoms with Crippen molar-refractivity contribution in [1.82, 2.24) is 5.43 Å². The Hall–Kier alpha value is -0.430. The van der Waals surface area contributed by atoms with E-state index in [2.05, 4.69) is 21.4 Å². The number of nitrogens with one attached hydrogen (secondary N) is 1. The molecule has 0 aliphatic rings. The number of aryl methyl sites for hydroxylation is 1. The Morgan fingerprint density at radius 1 is 1.47 bits per heavy atom. The Morgan fingerprint density at radius 2 is 2.12 bits per heavy atom. The number of hydrogen-bond donors (Lipinski definition) is 2. The van der Waals surface area contributed by atoms with E-state index in [9.17, 15) is 8.42 Å². The first-order chi connectivity index (χ1) is 7.83. The van der Waals surface area contributed by atoms with Crippen LogP contribution in [0.1, 0.15) is 23.6 Å². The van der Waals surface area contributed by atoms with Gasteiger partial charge in [0.15, 0.2) is 0 Å². The van der Waals surface area contributed by atoms with E-state index < -0.39 is 9.84 Å². The third-order valence-corrected chi connectivity index (χ3v) is 4.17. The highest BCUT2D eigenvalue weighted by Crippen LogP contribution is 2.26. The Balaban J connectivity index is 2.86. The molecule has 17 heavy (non-hydrogen) atoms. The maximum absolute atomic E-state index is 11.1. The van der Waals surface area contributed by atoms with Crippen molar-refractivity contribution in [2.24, 2.45) is 5.84 Å². The van der Waals surface area contributed by atoms with E-state index in [4.69, 9.17) is 5.84 Å². The summed E-state index contributed by atoms with van der Waals surface area (Å²) in [6.07, 6.45) is 1.68. The smallest absolute Gasteiger partial charge is 0.147 e. The zero-order chi connectivity index (χ0) is 13.1. The van der Waals surface area contributed by atoms with E-state index in [1.807, 2.05) is 25.1 Å². The molecule has 3 N–H and O–H groups in total. The molecule has 6 heteroatoms. The quantitative estimate of drug-likeness (QED) is 0.639. The highest BCUT2D eigenvalue weighted by molar-refractivity contribution is 9.10. The maximum Gasteiger partial charge on any atom is 0.147 e. The van der Waals surface area contributed by atoms with E-state index in [-0.39, 0.29) is 11.8 Å². The molecular formula is C11H17BrN2O2S. The molecule has 1 aromatic carbocycles. The highest BCUT2D eigenvalue weighted by atomic mass is 79.9. The molecule has 0 aliphatic carbocycles. The van der Waals surface area contributed by atoms with Crippen LogP contribution in [0.4, 0.5) is 0 Å². The van der Waals surface area contributed by atoms with Gasteiger partial charge in [-0.2, -0.15) is 0 Å². The van der Waals surface area contributed by atoms with Crippen molar-refractivity contribution in [2.45, 2.75) is 19.4 Å². The predicted molar refractivity (Wildman–Crippen MR) is 73.3 cm³/mol. The van der Waals surface area contributed by atoms with E-state index >= 15 is 0 Å². The predicted octanol–water partition coefficient (Wildman–Crippen LogP) is 1.70. The Labute approximate surface area is 111 Å². The first kappa shape index (κ1) is 14.6. The fourth-order valence-corrected chi connectivity index (χ4v) is 3.01. The molecule has 1 rings (SSSR count). The molecule has 0 aromatic heterocycles. The maximum atomic E-state index is 11.1. The molecule has 0 saturated carbocycles. The number of sulfone groups is 1. The number of hydrogen-bond acceptors (Lipinski definition) is 4. The fourth-order valence-electron chi connectivity index (χ4n) is 1.58. The molecule has 0 aliphatic heterocycles. The second-order valence-electron chi connectivity index (χ2n) is 4.16. The summed E-state index contributed by atoms with van der Waals surface area (Å²) >= 11 is 3.46. The van der Waals surface area contributed by atoms with Crippen molar-refractivity contribution in [2.75, 3.05) is 12.0 Å². The van der Waals surface area contributed by atoms with Crippen molar-refractivity contribution in [3.05, 3.63) is 33.8 Å². The Kier molecular flexibility index (Phi) is 5.12. The normalized spacial score (nSPS) is 13.6. The van der Waals surface area contributed by atoms with E-state index in [0.29, 0.717) is 6.42 Å². The molecule has 0 spiro atoms. The van der Waals surface area contributed by atoms with E-state index in [1.165, 1.54) is 6.26 Å². The highest BCUT2D eigenvalue weighted by Gasteiger charge is 2.15. The number of hydrazine groups is 1. The molecule has 1 aromatic rings.